The van der Waals surface area contributed by atoms with Crippen LogP contribution in [-0.2, 0) is 0 Å². The van der Waals surface area contributed by atoms with E-state index in [0.29, 0.717) is 10.8 Å². The predicted octanol–water partition coefficient (Wildman–Crippen LogP) is 13.4. The van der Waals surface area contributed by atoms with Crippen molar-refractivity contribution in [1.29, 1.82) is 0 Å². The van der Waals surface area contributed by atoms with Crippen LogP contribution >= 0.6 is 0 Å². The molecule has 2 N–H and O–H groups in total. The van der Waals surface area contributed by atoms with Crippen molar-refractivity contribution in [2.24, 2.45) is 69.8 Å². The Bertz CT molecular complexity index is 780. The fraction of sp³-hybridized carbons (Fsp3) is 1.00. The third kappa shape index (κ3) is 10.2. The normalized spacial score (nSPS) is 39.1. The maximum Gasteiger partial charge on any atom is -0.00489 e. The molecule has 258 valence electrons. The summed E-state index contributed by atoms with van der Waals surface area (Å²) >= 11 is 0. The first-order chi connectivity index (χ1) is 21.2. The van der Waals surface area contributed by atoms with Crippen LogP contribution in [0.25, 0.3) is 0 Å². The third-order valence-electron chi connectivity index (χ3n) is 15.2. The van der Waals surface area contributed by atoms with Crippen LogP contribution in [0.1, 0.15) is 202 Å². The van der Waals surface area contributed by atoms with Crippen molar-refractivity contribution in [2.75, 3.05) is 6.54 Å². The van der Waals surface area contributed by atoms with E-state index in [1.54, 1.807) is 32.1 Å². The van der Waals surface area contributed by atoms with Gasteiger partial charge in [-0.15, -0.1) is 0 Å². The van der Waals surface area contributed by atoms with E-state index in [9.17, 15) is 0 Å². The molecule has 0 amide bonds. The van der Waals surface area contributed by atoms with Gasteiger partial charge in [0.05, 0.1) is 0 Å². The molecule has 0 aromatic rings. The highest BCUT2D eigenvalue weighted by atomic mass is 14.6. The predicted molar refractivity (Wildman–Crippen MR) is 195 cm³/mol. The Labute approximate surface area is 277 Å². The summed E-state index contributed by atoms with van der Waals surface area (Å²) in [5, 5.41) is 0. The Kier molecular flexibility index (Phi) is 15.0. The summed E-state index contributed by atoms with van der Waals surface area (Å²) < 4.78 is 0. The van der Waals surface area contributed by atoms with Crippen molar-refractivity contribution in [3.8, 4) is 0 Å². The second-order valence-electron chi connectivity index (χ2n) is 18.8. The lowest BCUT2D eigenvalue weighted by atomic mass is 9.55. The summed E-state index contributed by atoms with van der Waals surface area (Å²) in [4.78, 5) is 0. The molecule has 4 saturated carbocycles. The van der Waals surface area contributed by atoms with E-state index < -0.39 is 0 Å². The Morgan fingerprint density at radius 2 is 1.45 bits per heavy atom. The summed E-state index contributed by atoms with van der Waals surface area (Å²) in [6.45, 7) is 16.4. The molecule has 0 aromatic heterocycles. The van der Waals surface area contributed by atoms with Crippen LogP contribution in [0.15, 0.2) is 0 Å². The molecule has 4 rings (SSSR count). The minimum Gasteiger partial charge on any atom is -0.330 e. The van der Waals surface area contributed by atoms with Gasteiger partial charge in [-0.2, -0.15) is 0 Å². The van der Waals surface area contributed by atoms with Gasteiger partial charge in [-0.1, -0.05) is 131 Å². The lowest BCUT2D eigenvalue weighted by Crippen LogP contribution is -2.41. The molecule has 4 aliphatic rings. The van der Waals surface area contributed by atoms with Gasteiger partial charge < -0.3 is 5.73 Å². The molecule has 0 radical (unpaired) electrons. The highest BCUT2D eigenvalue weighted by molar-refractivity contribution is 4.99. The van der Waals surface area contributed by atoms with Gasteiger partial charge in [0.25, 0.3) is 0 Å². The van der Waals surface area contributed by atoms with E-state index in [1.807, 2.05) is 0 Å². The first-order valence-corrected chi connectivity index (χ1v) is 20.9. The van der Waals surface area contributed by atoms with Crippen molar-refractivity contribution < 1.29 is 0 Å². The second-order valence-corrected chi connectivity index (χ2v) is 18.8. The molecule has 8 atom stereocenters. The Hall–Kier alpha value is -0.0400. The van der Waals surface area contributed by atoms with E-state index in [0.717, 1.165) is 59.8 Å². The van der Waals surface area contributed by atoms with Gasteiger partial charge in [0, 0.05) is 0 Å². The van der Waals surface area contributed by atoms with Crippen molar-refractivity contribution in [3.05, 3.63) is 0 Å². The molecule has 0 aliphatic heterocycles. The van der Waals surface area contributed by atoms with Crippen LogP contribution in [0.3, 0.4) is 0 Å². The van der Waals surface area contributed by atoms with Gasteiger partial charge >= 0.3 is 0 Å². The van der Waals surface area contributed by atoms with E-state index in [4.69, 9.17) is 5.73 Å². The van der Waals surface area contributed by atoms with E-state index in [1.165, 1.54) is 128 Å². The SMILES string of the molecule is CCCCCC(CN)CCCCCC1CCCCCC(C)(C)C1CC1CC(C2CCCC2C2(C)CCCC(C)C(C)CC2)C1. The topological polar surface area (TPSA) is 26.0 Å². The average Bonchev–Trinajstić information content (AvgIpc) is 3.46. The minimum atomic E-state index is 0.538. The minimum absolute atomic E-state index is 0.538. The molecule has 4 aliphatic carbocycles. The van der Waals surface area contributed by atoms with Gasteiger partial charge in [0.2, 0.25) is 0 Å². The number of unbranched alkanes of at least 4 members (excludes halogenated alkanes) is 4. The van der Waals surface area contributed by atoms with E-state index in [2.05, 4.69) is 41.5 Å². The first kappa shape index (κ1) is 36.8. The van der Waals surface area contributed by atoms with E-state index in [-0.39, 0.29) is 0 Å². The molecule has 8 unspecified atom stereocenters. The van der Waals surface area contributed by atoms with Gasteiger partial charge in [0.1, 0.15) is 0 Å². The summed E-state index contributed by atoms with van der Waals surface area (Å²) in [6.07, 6.45) is 37.0. The molecule has 44 heavy (non-hydrogen) atoms. The molecular formula is C43H81N. The van der Waals surface area contributed by atoms with Crippen molar-refractivity contribution in [3.63, 3.8) is 0 Å². The zero-order valence-electron chi connectivity index (χ0n) is 31.2. The van der Waals surface area contributed by atoms with Crippen LogP contribution in [0, 0.1) is 64.1 Å². The zero-order chi connectivity index (χ0) is 31.6. The summed E-state index contributed by atoms with van der Waals surface area (Å²) in [5.74, 6) is 8.79. The monoisotopic (exact) mass is 612 g/mol. The fourth-order valence-corrected chi connectivity index (χ4v) is 11.7. The van der Waals surface area contributed by atoms with Gasteiger partial charge in [-0.3, -0.25) is 0 Å². The zero-order valence-corrected chi connectivity index (χ0v) is 31.2. The van der Waals surface area contributed by atoms with Crippen LogP contribution in [-0.4, -0.2) is 6.54 Å². The summed E-state index contributed by atoms with van der Waals surface area (Å²) in [6, 6.07) is 0. The lowest BCUT2D eigenvalue weighted by Gasteiger charge is -2.50. The fourth-order valence-electron chi connectivity index (χ4n) is 11.7. The highest BCUT2D eigenvalue weighted by Crippen LogP contribution is 2.58. The molecule has 0 bridgehead atoms. The number of rotatable bonds is 15. The Morgan fingerprint density at radius 3 is 2.20 bits per heavy atom. The lowest BCUT2D eigenvalue weighted by molar-refractivity contribution is -0.00433. The first-order valence-electron chi connectivity index (χ1n) is 20.9. The second kappa shape index (κ2) is 17.9. The molecule has 4 fully saturated rings. The molecule has 1 nitrogen and oxygen atoms in total. The molecule has 0 aromatic carbocycles. The molecule has 0 heterocycles. The largest absolute Gasteiger partial charge is 0.330 e. The average molecular weight is 612 g/mol. The summed E-state index contributed by atoms with van der Waals surface area (Å²) in [5.41, 5.74) is 7.32. The third-order valence-corrected chi connectivity index (χ3v) is 15.2. The van der Waals surface area contributed by atoms with Crippen LogP contribution in [0.2, 0.25) is 0 Å². The number of hydrogen-bond donors (Lipinski definition) is 1. The van der Waals surface area contributed by atoms with Crippen molar-refractivity contribution in [2.45, 2.75) is 202 Å². The molecule has 0 saturated heterocycles. The Balaban J connectivity index is 1.28. The number of hydrogen-bond acceptors (Lipinski definition) is 1. The van der Waals surface area contributed by atoms with Crippen LogP contribution in [0.5, 0.6) is 0 Å². The van der Waals surface area contributed by atoms with Crippen LogP contribution in [0.4, 0.5) is 0 Å². The maximum atomic E-state index is 6.15. The van der Waals surface area contributed by atoms with Gasteiger partial charge in [-0.05, 0) is 141 Å². The quantitative estimate of drug-likeness (QED) is 0.183. The smallest absolute Gasteiger partial charge is 0.00489 e. The molecule has 0 spiro atoms. The van der Waals surface area contributed by atoms with Gasteiger partial charge in [-0.25, -0.2) is 0 Å². The van der Waals surface area contributed by atoms with Crippen LogP contribution < -0.4 is 5.73 Å². The Morgan fingerprint density at radius 1 is 0.705 bits per heavy atom. The summed E-state index contributed by atoms with van der Waals surface area (Å²) in [7, 11) is 0. The molecular weight excluding hydrogens is 530 g/mol. The van der Waals surface area contributed by atoms with E-state index >= 15 is 0 Å². The standard InChI is InChI=1S/C43H81N/c1-7-8-11-19-35(32-44)20-12-9-13-21-37-22-14-10-15-26-42(4,5)41(37)31-36-29-38(30-36)39-23-16-24-40(39)43(6)27-17-18-33(2)34(3)25-28-43/h33-41H,7-32,44H2,1-6H3. The number of nitrogens with two attached hydrogens (primary N) is 1. The van der Waals surface area contributed by atoms with Gasteiger partial charge in [0.15, 0.2) is 0 Å². The highest BCUT2D eigenvalue weighted by Gasteiger charge is 2.49. The van der Waals surface area contributed by atoms with Crippen molar-refractivity contribution in [1.82, 2.24) is 0 Å². The maximum absolute atomic E-state index is 6.15. The molecule has 1 heteroatoms. The van der Waals surface area contributed by atoms with Crippen molar-refractivity contribution >= 4 is 0 Å².